The van der Waals surface area contributed by atoms with Crippen LogP contribution in [0.4, 0.5) is 0 Å². The van der Waals surface area contributed by atoms with E-state index < -0.39 is 0 Å². The first-order valence-electron chi connectivity index (χ1n) is 26.3. The van der Waals surface area contributed by atoms with Crippen molar-refractivity contribution in [1.29, 1.82) is 0 Å². The SMILES string of the molecule is Cc1cc[n+](C)c(-c2c(C)ccc3c2-c2cccc4cccc-3c24)c1.Cc1cc[n+](C)c(-c2cc3c(cc2C)-c2cccc4cccc-3c24)c1.Cc1cc[n+](C)c(-c2ccc3c(c2C)-c2cccc4cccc-3c24)c1. The lowest BCUT2D eigenvalue weighted by atomic mass is 9.91. The van der Waals surface area contributed by atoms with E-state index in [-0.39, 0.29) is 0 Å². The molecule has 0 unspecified atom stereocenters. The first-order chi connectivity index (χ1) is 36.4. The second kappa shape index (κ2) is 17.7. The maximum Gasteiger partial charge on any atom is 0.213 e. The molecule has 0 bridgehead atoms. The van der Waals surface area contributed by atoms with Gasteiger partial charge in [0.2, 0.25) is 17.1 Å². The van der Waals surface area contributed by atoms with E-state index in [9.17, 15) is 0 Å². The van der Waals surface area contributed by atoms with Gasteiger partial charge in [0.05, 0.1) is 5.56 Å². The zero-order valence-electron chi connectivity index (χ0n) is 44.4. The number of aryl methyl sites for hydroxylation is 8. The first-order valence-corrected chi connectivity index (χ1v) is 26.3. The third-order valence-corrected chi connectivity index (χ3v) is 16.4. The van der Waals surface area contributed by atoms with Gasteiger partial charge in [-0.1, -0.05) is 127 Å². The van der Waals surface area contributed by atoms with Gasteiger partial charge in [-0.25, -0.2) is 13.7 Å². The van der Waals surface area contributed by atoms with Crippen molar-refractivity contribution in [2.24, 2.45) is 21.1 Å². The van der Waals surface area contributed by atoms with Crippen LogP contribution in [-0.2, 0) is 21.1 Å². The molecule has 0 saturated carbocycles. The molecule has 0 atom stereocenters. The maximum atomic E-state index is 2.38. The molecule has 0 saturated heterocycles. The Balaban J connectivity index is 0.000000108. The molecule has 0 radical (unpaired) electrons. The molecule has 12 aromatic rings. The Labute approximate surface area is 441 Å². The van der Waals surface area contributed by atoms with Crippen LogP contribution in [0, 0.1) is 41.5 Å². The van der Waals surface area contributed by atoms with E-state index >= 15 is 0 Å². The van der Waals surface area contributed by atoms with Gasteiger partial charge in [0.25, 0.3) is 0 Å². The predicted octanol–water partition coefficient (Wildman–Crippen LogP) is 16.8. The summed E-state index contributed by atoms with van der Waals surface area (Å²) in [6, 6.07) is 67.1. The van der Waals surface area contributed by atoms with Gasteiger partial charge in [0.1, 0.15) is 21.1 Å². The van der Waals surface area contributed by atoms with Crippen molar-refractivity contribution in [2.45, 2.75) is 41.5 Å². The number of aromatic nitrogens is 3. The third-order valence-electron chi connectivity index (χ3n) is 16.4. The van der Waals surface area contributed by atoms with Crippen LogP contribution in [0.5, 0.6) is 0 Å². The fourth-order valence-corrected chi connectivity index (χ4v) is 12.7. The lowest BCUT2D eigenvalue weighted by Crippen LogP contribution is -2.30. The number of rotatable bonds is 3. The number of benzene rings is 9. The first kappa shape index (κ1) is 46.0. The van der Waals surface area contributed by atoms with E-state index in [0.717, 1.165) is 0 Å². The lowest BCUT2D eigenvalue weighted by Gasteiger charge is -2.12. The Morgan fingerprint density at radius 2 is 0.627 bits per heavy atom. The molecule has 0 N–H and O–H groups in total. The standard InChI is InChI=1S/3C24H20N/c1-15-10-11-25(3)23(12-15)20-14-22-19-9-5-7-17-6-4-8-18(24(17)19)21(22)13-16(20)2;1-15-12-13-25(3)22(14-15)18-10-11-20-19-8-4-6-17-7-5-9-21(24(17)19)23(20)16(18)2;1-15-12-13-25(3)21(14-15)22-16(2)10-11-19-18-8-4-6-17-7-5-9-20(23(17)18)24(19)22/h3*4-14H,1-3H3/q3*+1. The smallest absolute Gasteiger partial charge is 0.201 e. The summed E-state index contributed by atoms with van der Waals surface area (Å²) in [4.78, 5) is 0. The Morgan fingerprint density at radius 3 is 1.15 bits per heavy atom. The largest absolute Gasteiger partial charge is 0.213 e. The average molecular weight is 967 g/mol. The molecule has 0 spiro atoms. The highest BCUT2D eigenvalue weighted by atomic mass is 14.9. The molecular formula is C72H60N3+3. The predicted molar refractivity (Wildman–Crippen MR) is 313 cm³/mol. The normalized spacial score (nSPS) is 11.8. The quantitative estimate of drug-likeness (QED) is 0.156. The molecule has 0 aliphatic heterocycles. The molecule has 3 aliphatic carbocycles. The third kappa shape index (κ3) is 7.36. The summed E-state index contributed by atoms with van der Waals surface area (Å²) in [6.07, 6.45) is 6.45. The van der Waals surface area contributed by atoms with Crippen LogP contribution in [0.2, 0.25) is 0 Å². The highest BCUT2D eigenvalue weighted by Crippen LogP contribution is 2.53. The Bertz CT molecular complexity index is 4320. The van der Waals surface area contributed by atoms with Crippen LogP contribution in [0.25, 0.3) is 133 Å². The molecule has 3 heteroatoms. The molecule has 9 aromatic carbocycles. The minimum atomic E-state index is 1.27. The molecule has 3 nitrogen and oxygen atoms in total. The summed E-state index contributed by atoms with van der Waals surface area (Å²) in [5, 5.41) is 8.16. The van der Waals surface area contributed by atoms with E-state index in [1.165, 1.54) is 166 Å². The Morgan fingerprint density at radius 1 is 0.253 bits per heavy atom. The van der Waals surface area contributed by atoms with Gasteiger partial charge < -0.3 is 0 Å². The maximum absolute atomic E-state index is 2.38. The summed E-state index contributed by atoms with van der Waals surface area (Å²) < 4.78 is 6.66. The summed E-state index contributed by atoms with van der Waals surface area (Å²) in [6.45, 7) is 13.2. The molecule has 3 heterocycles. The average Bonchev–Trinajstić information content (AvgIpc) is 4.05. The highest BCUT2D eigenvalue weighted by molar-refractivity contribution is 6.19. The molecule has 0 amide bonds. The van der Waals surface area contributed by atoms with Crippen LogP contribution in [0.3, 0.4) is 0 Å². The zero-order valence-corrected chi connectivity index (χ0v) is 44.4. The van der Waals surface area contributed by atoms with Crippen LogP contribution in [0.1, 0.15) is 33.4 Å². The van der Waals surface area contributed by atoms with E-state index in [1.807, 2.05) is 0 Å². The minimum Gasteiger partial charge on any atom is -0.201 e. The summed E-state index contributed by atoms with van der Waals surface area (Å²) in [5.74, 6) is 0. The zero-order chi connectivity index (χ0) is 51.4. The molecule has 75 heavy (non-hydrogen) atoms. The monoisotopic (exact) mass is 966 g/mol. The Hall–Kier alpha value is -8.79. The topological polar surface area (TPSA) is 11.6 Å². The van der Waals surface area contributed by atoms with Gasteiger partial charge in [-0.15, -0.1) is 0 Å². The van der Waals surface area contributed by atoms with Crippen molar-refractivity contribution in [2.75, 3.05) is 0 Å². The fraction of sp³-hybridized carbons (Fsp3) is 0.125. The lowest BCUT2D eigenvalue weighted by molar-refractivity contribution is -0.660. The molecule has 360 valence electrons. The summed E-state index contributed by atoms with van der Waals surface area (Å²) in [5.41, 5.74) is 32.1. The van der Waals surface area contributed by atoms with Crippen LogP contribution in [-0.4, -0.2) is 0 Å². The molecular weight excluding hydrogens is 907 g/mol. The van der Waals surface area contributed by atoms with Gasteiger partial charge >= 0.3 is 0 Å². The number of fused-ring (bicyclic) bond motifs is 9. The van der Waals surface area contributed by atoms with Gasteiger partial charge in [0, 0.05) is 53.1 Å². The Kier molecular flexibility index (Phi) is 10.9. The van der Waals surface area contributed by atoms with Gasteiger partial charge in [-0.3, -0.25) is 0 Å². The van der Waals surface area contributed by atoms with Crippen LogP contribution >= 0.6 is 0 Å². The van der Waals surface area contributed by atoms with Crippen LogP contribution in [0.15, 0.2) is 201 Å². The van der Waals surface area contributed by atoms with Crippen molar-refractivity contribution >= 4 is 32.3 Å². The van der Waals surface area contributed by atoms with Crippen molar-refractivity contribution in [3.8, 4) is 101 Å². The molecule has 3 aromatic heterocycles. The van der Waals surface area contributed by atoms with Crippen molar-refractivity contribution in [3.63, 3.8) is 0 Å². The second-order valence-electron chi connectivity index (χ2n) is 21.3. The molecule has 3 aliphatic rings. The van der Waals surface area contributed by atoms with Gasteiger partial charge in [-0.05, 0) is 187 Å². The molecule has 0 fully saturated rings. The van der Waals surface area contributed by atoms with E-state index in [2.05, 4.69) is 277 Å². The highest BCUT2D eigenvalue weighted by Gasteiger charge is 2.30. The summed E-state index contributed by atoms with van der Waals surface area (Å²) >= 11 is 0. The van der Waals surface area contributed by atoms with Gasteiger partial charge in [-0.2, -0.15) is 0 Å². The number of hydrogen-bond donors (Lipinski definition) is 0. The van der Waals surface area contributed by atoms with Crippen molar-refractivity contribution in [3.05, 3.63) is 234 Å². The van der Waals surface area contributed by atoms with Gasteiger partial charge in [0.15, 0.2) is 18.6 Å². The van der Waals surface area contributed by atoms with Crippen molar-refractivity contribution < 1.29 is 13.7 Å². The number of pyridine rings is 3. The fourth-order valence-electron chi connectivity index (χ4n) is 12.7. The van der Waals surface area contributed by atoms with E-state index in [1.54, 1.807) is 0 Å². The summed E-state index contributed by atoms with van der Waals surface area (Å²) in [7, 11) is 6.38. The van der Waals surface area contributed by atoms with Crippen LogP contribution < -0.4 is 13.7 Å². The van der Waals surface area contributed by atoms with Crippen molar-refractivity contribution in [1.82, 2.24) is 0 Å². The molecule has 15 rings (SSSR count). The van der Waals surface area contributed by atoms with E-state index in [4.69, 9.17) is 0 Å². The second-order valence-corrected chi connectivity index (χ2v) is 21.3. The van der Waals surface area contributed by atoms with E-state index in [0.29, 0.717) is 0 Å². The number of nitrogens with zero attached hydrogens (tertiary/aromatic N) is 3. The minimum absolute atomic E-state index is 1.27. The number of hydrogen-bond acceptors (Lipinski definition) is 0.